The highest BCUT2D eigenvalue weighted by atomic mass is 16.5. The van der Waals surface area contributed by atoms with Gasteiger partial charge < -0.3 is 19.9 Å². The second kappa shape index (κ2) is 7.64. The Morgan fingerprint density at radius 2 is 2.00 bits per heavy atom. The molecule has 3 fully saturated rings. The highest BCUT2D eigenvalue weighted by Crippen LogP contribution is 2.44. The van der Waals surface area contributed by atoms with Crippen LogP contribution in [0.25, 0.3) is 0 Å². The average Bonchev–Trinajstić information content (AvgIpc) is 3.38. The molecule has 4 rings (SSSR count). The van der Waals surface area contributed by atoms with Crippen LogP contribution in [-0.4, -0.2) is 61.1 Å². The average molecular weight is 386 g/mol. The van der Waals surface area contributed by atoms with Gasteiger partial charge in [-0.05, 0) is 49.8 Å². The standard InChI is InChI=1S/C22H31N3O3/c1-16-7-8-17(14-19(16)28-2)22(9-3-4-10-22)20(26)24-12-5-6-18(15-24)25-13-11-23-21(25)27/h7-8,14,18H,3-6,9-13,15H2,1-2H3,(H,23,27). The summed E-state index contributed by atoms with van der Waals surface area (Å²) in [6.45, 7) is 4.91. The molecule has 1 aliphatic carbocycles. The lowest BCUT2D eigenvalue weighted by Crippen LogP contribution is -2.54. The molecule has 3 aliphatic rings. The maximum atomic E-state index is 13.8. The monoisotopic (exact) mass is 385 g/mol. The van der Waals surface area contributed by atoms with Crippen LogP contribution in [0.2, 0.25) is 0 Å². The van der Waals surface area contributed by atoms with Crippen LogP contribution in [0.4, 0.5) is 4.79 Å². The maximum Gasteiger partial charge on any atom is 0.317 e. The van der Waals surface area contributed by atoms with Crippen LogP contribution in [0.3, 0.4) is 0 Å². The molecule has 1 N–H and O–H groups in total. The third-order valence-electron chi connectivity index (χ3n) is 6.84. The SMILES string of the molecule is COc1cc(C2(C(=O)N3CCCC(N4CCNC4=O)C3)CCCC2)ccc1C. The van der Waals surface area contributed by atoms with Crippen molar-refractivity contribution in [1.29, 1.82) is 0 Å². The molecule has 6 heteroatoms. The fraction of sp³-hybridized carbons (Fsp3) is 0.636. The summed E-state index contributed by atoms with van der Waals surface area (Å²) in [6.07, 6.45) is 5.87. The van der Waals surface area contributed by atoms with E-state index in [2.05, 4.69) is 23.5 Å². The molecule has 2 heterocycles. The van der Waals surface area contributed by atoms with Crippen LogP contribution < -0.4 is 10.1 Å². The van der Waals surface area contributed by atoms with E-state index < -0.39 is 5.41 Å². The first-order valence-corrected chi connectivity index (χ1v) is 10.5. The van der Waals surface area contributed by atoms with Gasteiger partial charge in [-0.25, -0.2) is 4.79 Å². The van der Waals surface area contributed by atoms with Crippen LogP contribution >= 0.6 is 0 Å². The number of benzene rings is 1. The van der Waals surface area contributed by atoms with Gasteiger partial charge in [0.1, 0.15) is 5.75 Å². The van der Waals surface area contributed by atoms with Crippen molar-refractivity contribution in [2.45, 2.75) is 56.9 Å². The molecule has 2 saturated heterocycles. The van der Waals surface area contributed by atoms with E-state index in [4.69, 9.17) is 4.74 Å². The summed E-state index contributed by atoms with van der Waals surface area (Å²) in [5, 5.41) is 2.89. The van der Waals surface area contributed by atoms with Crippen LogP contribution in [0.1, 0.15) is 49.7 Å². The maximum absolute atomic E-state index is 13.8. The molecular formula is C22H31N3O3. The summed E-state index contributed by atoms with van der Waals surface area (Å²) in [5.74, 6) is 1.09. The number of urea groups is 1. The van der Waals surface area contributed by atoms with Gasteiger partial charge in [0, 0.05) is 26.2 Å². The third-order valence-corrected chi connectivity index (χ3v) is 6.84. The predicted octanol–water partition coefficient (Wildman–Crippen LogP) is 2.83. The minimum absolute atomic E-state index is 0.0122. The van der Waals surface area contributed by atoms with Crippen molar-refractivity contribution in [2.75, 3.05) is 33.3 Å². The summed E-state index contributed by atoms with van der Waals surface area (Å²) in [5.41, 5.74) is 1.72. The number of likely N-dealkylation sites (tertiary alicyclic amines) is 1. The summed E-state index contributed by atoms with van der Waals surface area (Å²) in [6, 6.07) is 6.38. The van der Waals surface area contributed by atoms with Gasteiger partial charge in [-0.1, -0.05) is 25.0 Å². The minimum atomic E-state index is -0.448. The van der Waals surface area contributed by atoms with Gasteiger partial charge in [-0.3, -0.25) is 4.79 Å². The molecule has 1 saturated carbocycles. The number of piperidine rings is 1. The molecule has 152 valence electrons. The van der Waals surface area contributed by atoms with Gasteiger partial charge in [0.05, 0.1) is 18.6 Å². The number of hydrogen-bond acceptors (Lipinski definition) is 3. The Balaban J connectivity index is 1.59. The molecular weight excluding hydrogens is 354 g/mol. The number of amides is 3. The molecule has 6 nitrogen and oxygen atoms in total. The molecule has 1 aromatic rings. The van der Waals surface area contributed by atoms with Gasteiger partial charge in [-0.2, -0.15) is 0 Å². The number of nitrogens with one attached hydrogen (secondary N) is 1. The predicted molar refractivity (Wildman–Crippen MR) is 108 cm³/mol. The highest BCUT2D eigenvalue weighted by molar-refractivity contribution is 5.89. The van der Waals surface area contributed by atoms with Crippen molar-refractivity contribution in [3.05, 3.63) is 29.3 Å². The molecule has 3 amide bonds. The molecule has 0 radical (unpaired) electrons. The Morgan fingerprint density at radius 1 is 1.21 bits per heavy atom. The Kier molecular flexibility index (Phi) is 5.21. The second-order valence-corrected chi connectivity index (χ2v) is 8.45. The zero-order chi connectivity index (χ0) is 19.7. The quantitative estimate of drug-likeness (QED) is 0.867. The molecule has 0 spiro atoms. The summed E-state index contributed by atoms with van der Waals surface area (Å²) >= 11 is 0. The first kappa shape index (κ1) is 19.1. The van der Waals surface area contributed by atoms with Crippen LogP contribution in [0, 0.1) is 6.92 Å². The number of nitrogens with zero attached hydrogens (tertiary/aromatic N) is 2. The topological polar surface area (TPSA) is 61.9 Å². The molecule has 0 bridgehead atoms. The largest absolute Gasteiger partial charge is 0.496 e. The minimum Gasteiger partial charge on any atom is -0.496 e. The van der Waals surface area contributed by atoms with Crippen molar-refractivity contribution >= 4 is 11.9 Å². The Morgan fingerprint density at radius 3 is 2.68 bits per heavy atom. The first-order valence-electron chi connectivity index (χ1n) is 10.5. The first-order chi connectivity index (χ1) is 13.5. The van der Waals surface area contributed by atoms with Crippen molar-refractivity contribution in [2.24, 2.45) is 0 Å². The van der Waals surface area contributed by atoms with E-state index in [-0.39, 0.29) is 18.0 Å². The van der Waals surface area contributed by atoms with Gasteiger partial charge in [0.25, 0.3) is 0 Å². The fourth-order valence-electron chi connectivity index (χ4n) is 5.25. The van der Waals surface area contributed by atoms with Gasteiger partial charge >= 0.3 is 6.03 Å². The molecule has 2 aliphatic heterocycles. The van der Waals surface area contributed by atoms with E-state index in [0.717, 1.165) is 68.5 Å². The van der Waals surface area contributed by atoms with Crippen molar-refractivity contribution in [3.8, 4) is 5.75 Å². The second-order valence-electron chi connectivity index (χ2n) is 8.45. The number of methoxy groups -OCH3 is 1. The molecule has 1 atom stereocenters. The molecule has 0 aromatic heterocycles. The van der Waals surface area contributed by atoms with E-state index in [1.54, 1.807) is 7.11 Å². The summed E-state index contributed by atoms with van der Waals surface area (Å²) < 4.78 is 5.54. The smallest absolute Gasteiger partial charge is 0.317 e. The van der Waals surface area contributed by atoms with Crippen molar-refractivity contribution in [1.82, 2.24) is 15.1 Å². The van der Waals surface area contributed by atoms with Gasteiger partial charge in [0.2, 0.25) is 5.91 Å². The van der Waals surface area contributed by atoms with E-state index in [1.807, 2.05) is 16.7 Å². The number of aryl methyl sites for hydroxylation is 1. The highest BCUT2D eigenvalue weighted by Gasteiger charge is 2.46. The zero-order valence-electron chi connectivity index (χ0n) is 17.0. The lowest BCUT2D eigenvalue weighted by Gasteiger charge is -2.41. The number of carbonyl (C=O) groups is 2. The normalized spacial score (nSPS) is 24.4. The lowest BCUT2D eigenvalue weighted by molar-refractivity contribution is -0.139. The summed E-state index contributed by atoms with van der Waals surface area (Å²) in [4.78, 5) is 29.8. The number of rotatable bonds is 4. The molecule has 1 aromatic carbocycles. The van der Waals surface area contributed by atoms with Crippen molar-refractivity contribution in [3.63, 3.8) is 0 Å². The zero-order valence-corrected chi connectivity index (χ0v) is 17.0. The Bertz CT molecular complexity index is 757. The number of hydrogen-bond donors (Lipinski definition) is 1. The van der Waals surface area contributed by atoms with Crippen molar-refractivity contribution < 1.29 is 14.3 Å². The van der Waals surface area contributed by atoms with E-state index in [9.17, 15) is 9.59 Å². The Labute approximate surface area is 167 Å². The Hall–Kier alpha value is -2.24. The van der Waals surface area contributed by atoms with Crippen LogP contribution in [-0.2, 0) is 10.2 Å². The lowest BCUT2D eigenvalue weighted by atomic mass is 9.76. The van der Waals surface area contributed by atoms with Crippen LogP contribution in [0.15, 0.2) is 18.2 Å². The summed E-state index contributed by atoms with van der Waals surface area (Å²) in [7, 11) is 1.69. The van der Waals surface area contributed by atoms with E-state index in [1.165, 1.54) is 0 Å². The van der Waals surface area contributed by atoms with E-state index in [0.29, 0.717) is 13.1 Å². The molecule has 28 heavy (non-hydrogen) atoms. The number of carbonyl (C=O) groups excluding carboxylic acids is 2. The molecule has 1 unspecified atom stereocenters. The van der Waals surface area contributed by atoms with Crippen LogP contribution in [0.5, 0.6) is 5.75 Å². The third kappa shape index (κ3) is 3.23. The fourth-order valence-corrected chi connectivity index (χ4v) is 5.25. The van der Waals surface area contributed by atoms with E-state index >= 15 is 0 Å². The van der Waals surface area contributed by atoms with Gasteiger partial charge in [-0.15, -0.1) is 0 Å². The number of ether oxygens (including phenoxy) is 1. The van der Waals surface area contributed by atoms with Gasteiger partial charge in [0.15, 0.2) is 0 Å².